The Morgan fingerprint density at radius 1 is 1.38 bits per heavy atom. The van der Waals surface area contributed by atoms with Crippen molar-refractivity contribution in [1.82, 2.24) is 10.4 Å². The summed E-state index contributed by atoms with van der Waals surface area (Å²) < 4.78 is 12.8. The fourth-order valence-electron chi connectivity index (χ4n) is 1.88. The first-order valence-electron chi connectivity index (χ1n) is 5.41. The van der Waals surface area contributed by atoms with Gasteiger partial charge in [-0.15, -0.1) is 0 Å². The molecule has 1 unspecified atom stereocenters. The quantitative estimate of drug-likeness (QED) is 0.830. The molecule has 2 rings (SSSR count). The van der Waals surface area contributed by atoms with Crippen LogP contribution >= 0.6 is 0 Å². The molecule has 0 radical (unpaired) electrons. The number of carbonyl (C=O) groups excluding carboxylic acids is 1. The Hall–Kier alpha value is -1.42. The Balaban J connectivity index is 2.13. The summed E-state index contributed by atoms with van der Waals surface area (Å²) in [5.41, 5.74) is 4.08. The molecule has 86 valence electrons. The van der Waals surface area contributed by atoms with Crippen LogP contribution in [0.3, 0.4) is 0 Å². The summed E-state index contributed by atoms with van der Waals surface area (Å²) in [6.07, 6.45) is 0.434. The van der Waals surface area contributed by atoms with Crippen LogP contribution < -0.4 is 5.43 Å². The number of nitrogens with one attached hydrogen (secondary N) is 1. The van der Waals surface area contributed by atoms with E-state index < -0.39 is 0 Å². The second-order valence-corrected chi connectivity index (χ2v) is 4.29. The van der Waals surface area contributed by atoms with Crippen molar-refractivity contribution < 1.29 is 9.18 Å². The SMILES string of the molecule is CC(C)N1NC(c2ccc(F)cc2)CC1=O. The van der Waals surface area contributed by atoms with Crippen molar-refractivity contribution in [3.63, 3.8) is 0 Å². The minimum atomic E-state index is -0.256. The van der Waals surface area contributed by atoms with Gasteiger partial charge in [-0.1, -0.05) is 12.1 Å². The van der Waals surface area contributed by atoms with E-state index in [4.69, 9.17) is 0 Å². The fourth-order valence-corrected chi connectivity index (χ4v) is 1.88. The molecule has 0 spiro atoms. The molecule has 1 aliphatic rings. The Labute approximate surface area is 94.2 Å². The third-order valence-electron chi connectivity index (χ3n) is 2.73. The second kappa shape index (κ2) is 4.22. The number of rotatable bonds is 2. The van der Waals surface area contributed by atoms with Crippen molar-refractivity contribution in [3.8, 4) is 0 Å². The maximum Gasteiger partial charge on any atom is 0.238 e. The van der Waals surface area contributed by atoms with Crippen LogP contribution in [0.5, 0.6) is 0 Å². The Morgan fingerprint density at radius 2 is 2.00 bits per heavy atom. The van der Waals surface area contributed by atoms with Gasteiger partial charge in [0, 0.05) is 12.5 Å². The summed E-state index contributed by atoms with van der Waals surface area (Å²) in [4.78, 5) is 11.7. The molecule has 0 saturated carbocycles. The zero-order chi connectivity index (χ0) is 11.7. The number of hydrazine groups is 1. The number of nitrogens with zero attached hydrogens (tertiary/aromatic N) is 1. The number of hydrogen-bond acceptors (Lipinski definition) is 2. The van der Waals surface area contributed by atoms with E-state index in [1.807, 2.05) is 13.8 Å². The van der Waals surface area contributed by atoms with Gasteiger partial charge in [-0.05, 0) is 31.5 Å². The van der Waals surface area contributed by atoms with Gasteiger partial charge in [0.25, 0.3) is 0 Å². The Bertz CT molecular complexity index is 389. The molecule has 4 heteroatoms. The van der Waals surface area contributed by atoms with Gasteiger partial charge in [0.2, 0.25) is 5.91 Å². The third-order valence-corrected chi connectivity index (χ3v) is 2.73. The zero-order valence-electron chi connectivity index (χ0n) is 9.40. The first kappa shape index (κ1) is 11.1. The fraction of sp³-hybridized carbons (Fsp3) is 0.417. The highest BCUT2D eigenvalue weighted by atomic mass is 19.1. The van der Waals surface area contributed by atoms with Crippen LogP contribution in [0.4, 0.5) is 4.39 Å². The van der Waals surface area contributed by atoms with Gasteiger partial charge in [0.05, 0.1) is 6.04 Å². The highest BCUT2D eigenvalue weighted by Gasteiger charge is 2.31. The average molecular weight is 222 g/mol. The topological polar surface area (TPSA) is 32.3 Å². The summed E-state index contributed by atoms with van der Waals surface area (Å²) >= 11 is 0. The van der Waals surface area contributed by atoms with Gasteiger partial charge in [-0.3, -0.25) is 9.80 Å². The standard InChI is InChI=1S/C12H15FN2O/c1-8(2)15-12(16)7-11(14-15)9-3-5-10(13)6-4-9/h3-6,8,11,14H,7H2,1-2H3. The Morgan fingerprint density at radius 3 is 2.50 bits per heavy atom. The first-order valence-corrected chi connectivity index (χ1v) is 5.41. The molecule has 1 heterocycles. The maximum absolute atomic E-state index is 12.8. The van der Waals surface area contributed by atoms with Crippen LogP contribution in [-0.2, 0) is 4.79 Å². The number of hydrogen-bond donors (Lipinski definition) is 1. The summed E-state index contributed by atoms with van der Waals surface area (Å²) in [6.45, 7) is 3.91. The molecule has 1 aliphatic heterocycles. The van der Waals surface area contributed by atoms with Gasteiger partial charge in [0.1, 0.15) is 5.82 Å². The average Bonchev–Trinajstić information content (AvgIpc) is 2.61. The van der Waals surface area contributed by atoms with E-state index >= 15 is 0 Å². The van der Waals surface area contributed by atoms with Crippen molar-refractivity contribution in [3.05, 3.63) is 35.6 Å². The molecule has 1 amide bonds. The van der Waals surface area contributed by atoms with Crippen LogP contribution in [0.1, 0.15) is 31.9 Å². The van der Waals surface area contributed by atoms with Gasteiger partial charge >= 0.3 is 0 Å². The summed E-state index contributed by atoms with van der Waals surface area (Å²) in [7, 11) is 0. The molecule has 1 N–H and O–H groups in total. The number of benzene rings is 1. The van der Waals surface area contributed by atoms with E-state index in [0.29, 0.717) is 6.42 Å². The molecule has 1 atom stereocenters. The maximum atomic E-state index is 12.8. The summed E-state index contributed by atoms with van der Waals surface area (Å²) in [6, 6.07) is 6.36. The van der Waals surface area contributed by atoms with Crippen LogP contribution in [0.15, 0.2) is 24.3 Å². The molecule has 3 nitrogen and oxygen atoms in total. The molecular formula is C12H15FN2O. The summed E-state index contributed by atoms with van der Waals surface area (Å²) in [5, 5.41) is 1.63. The molecule has 16 heavy (non-hydrogen) atoms. The smallest absolute Gasteiger partial charge is 0.238 e. The van der Waals surface area contributed by atoms with Crippen molar-refractivity contribution in [1.29, 1.82) is 0 Å². The molecular weight excluding hydrogens is 207 g/mol. The summed E-state index contributed by atoms with van der Waals surface area (Å²) in [5.74, 6) is -0.168. The van der Waals surface area contributed by atoms with E-state index in [-0.39, 0.29) is 23.8 Å². The number of amides is 1. The predicted octanol–water partition coefficient (Wildman–Crippen LogP) is 2.01. The lowest BCUT2D eigenvalue weighted by atomic mass is 10.1. The van der Waals surface area contributed by atoms with E-state index in [2.05, 4.69) is 5.43 Å². The highest BCUT2D eigenvalue weighted by molar-refractivity contribution is 5.78. The minimum absolute atomic E-state index is 0.0319. The molecule has 0 aliphatic carbocycles. The zero-order valence-corrected chi connectivity index (χ0v) is 9.40. The molecule has 0 bridgehead atoms. The van der Waals surface area contributed by atoms with Gasteiger partial charge in [-0.25, -0.2) is 9.82 Å². The minimum Gasteiger partial charge on any atom is -0.275 e. The molecule has 0 aromatic heterocycles. The van der Waals surface area contributed by atoms with Crippen molar-refractivity contribution in [2.24, 2.45) is 0 Å². The van der Waals surface area contributed by atoms with Crippen LogP contribution in [-0.4, -0.2) is 17.0 Å². The van der Waals surface area contributed by atoms with Gasteiger partial charge < -0.3 is 0 Å². The normalized spacial score (nSPS) is 20.9. The van der Waals surface area contributed by atoms with Crippen LogP contribution in [0, 0.1) is 5.82 Å². The monoisotopic (exact) mass is 222 g/mol. The van der Waals surface area contributed by atoms with Crippen LogP contribution in [0.25, 0.3) is 0 Å². The molecule has 1 aromatic rings. The van der Waals surface area contributed by atoms with E-state index in [0.717, 1.165) is 5.56 Å². The Kier molecular flexibility index (Phi) is 2.92. The van der Waals surface area contributed by atoms with E-state index in [9.17, 15) is 9.18 Å². The highest BCUT2D eigenvalue weighted by Crippen LogP contribution is 2.24. The molecule has 1 saturated heterocycles. The third kappa shape index (κ3) is 2.07. The van der Waals surface area contributed by atoms with Gasteiger partial charge in [-0.2, -0.15) is 0 Å². The largest absolute Gasteiger partial charge is 0.275 e. The second-order valence-electron chi connectivity index (χ2n) is 4.29. The molecule has 1 fully saturated rings. The molecule has 1 aromatic carbocycles. The first-order chi connectivity index (χ1) is 7.58. The van der Waals surface area contributed by atoms with Gasteiger partial charge in [0.15, 0.2) is 0 Å². The lowest BCUT2D eigenvalue weighted by molar-refractivity contribution is -0.131. The van der Waals surface area contributed by atoms with E-state index in [1.54, 1.807) is 17.1 Å². The predicted molar refractivity (Wildman–Crippen MR) is 58.9 cm³/mol. The van der Waals surface area contributed by atoms with E-state index in [1.165, 1.54) is 12.1 Å². The van der Waals surface area contributed by atoms with Crippen molar-refractivity contribution in [2.75, 3.05) is 0 Å². The number of carbonyl (C=O) groups is 1. The number of halogens is 1. The van der Waals surface area contributed by atoms with Crippen molar-refractivity contribution >= 4 is 5.91 Å². The van der Waals surface area contributed by atoms with Crippen molar-refractivity contribution in [2.45, 2.75) is 32.4 Å². The lowest BCUT2D eigenvalue weighted by Crippen LogP contribution is -2.40. The van der Waals surface area contributed by atoms with Crippen LogP contribution in [0.2, 0.25) is 0 Å². The lowest BCUT2D eigenvalue weighted by Gasteiger charge is -2.22.